The molecule has 5 heterocycles. The lowest BCUT2D eigenvalue weighted by Gasteiger charge is -2.45. The molecule has 0 bridgehead atoms. The number of aromatic nitrogens is 2. The lowest BCUT2D eigenvalue weighted by atomic mass is 9.78. The average Bonchev–Trinajstić information content (AvgIpc) is 3.18. The second-order valence-electron chi connectivity index (χ2n) is 11.8. The van der Waals surface area contributed by atoms with Crippen LogP contribution in [0.1, 0.15) is 51.0 Å². The van der Waals surface area contributed by atoms with E-state index in [0.29, 0.717) is 36.7 Å². The monoisotopic (exact) mass is 544 g/mol. The third-order valence-electron chi connectivity index (χ3n) is 9.62. The summed E-state index contributed by atoms with van der Waals surface area (Å²) in [6.07, 6.45) is 5.18. The first-order valence-corrected chi connectivity index (χ1v) is 14.3. The second-order valence-corrected chi connectivity index (χ2v) is 11.8. The number of benzene rings is 1. The summed E-state index contributed by atoms with van der Waals surface area (Å²) in [6.45, 7) is 3.83. The topological polar surface area (TPSA) is 91.6 Å². The van der Waals surface area contributed by atoms with Gasteiger partial charge in [-0.3, -0.25) is 28.9 Å². The van der Waals surface area contributed by atoms with Gasteiger partial charge >= 0.3 is 5.69 Å². The average molecular weight is 545 g/mol. The number of imide groups is 1. The Morgan fingerprint density at radius 1 is 0.897 bits per heavy atom. The van der Waals surface area contributed by atoms with Crippen LogP contribution in [0, 0.1) is 11.8 Å². The quantitative estimate of drug-likeness (QED) is 0.574. The number of carbonyl (C=O) groups excluding carboxylic acids is 2. The summed E-state index contributed by atoms with van der Waals surface area (Å²) >= 11 is 0. The Morgan fingerprint density at radius 2 is 1.59 bits per heavy atom. The fourth-order valence-corrected chi connectivity index (χ4v) is 7.38. The first-order valence-electron chi connectivity index (χ1n) is 14.3. The molecule has 6 rings (SSSR count). The molecule has 4 aliphatic rings. The van der Waals surface area contributed by atoms with Crippen molar-refractivity contribution in [3.05, 3.63) is 28.7 Å². The summed E-state index contributed by atoms with van der Waals surface area (Å²) in [7, 11) is 1.72. The van der Waals surface area contributed by atoms with Gasteiger partial charge in [0, 0.05) is 32.2 Å². The van der Waals surface area contributed by atoms with Crippen LogP contribution in [0.2, 0.25) is 0 Å². The van der Waals surface area contributed by atoms with Crippen LogP contribution in [0.3, 0.4) is 0 Å². The number of hydrogen-bond acceptors (Lipinski definition) is 6. The maximum absolute atomic E-state index is 14.4. The van der Waals surface area contributed by atoms with Crippen LogP contribution in [0.5, 0.6) is 0 Å². The molecule has 4 aliphatic heterocycles. The molecule has 39 heavy (non-hydrogen) atoms. The molecule has 1 aromatic heterocycles. The van der Waals surface area contributed by atoms with E-state index in [9.17, 15) is 23.2 Å². The van der Waals surface area contributed by atoms with Crippen LogP contribution in [-0.4, -0.2) is 77.1 Å². The minimum absolute atomic E-state index is 0.211. The molecule has 2 unspecified atom stereocenters. The number of piperidine rings is 4. The van der Waals surface area contributed by atoms with E-state index in [1.165, 1.54) is 4.57 Å². The van der Waals surface area contributed by atoms with Gasteiger partial charge < -0.3 is 10.2 Å². The molecule has 2 amide bonds. The first-order chi connectivity index (χ1) is 18.7. The standard InChI is InChI=1S/C28H38F2N6O3/c1-33-23-16-20(2-3-21(23)36(27(33)39)22-4-5-25(37)32-26(22)38)34-12-7-18(8-13-34)19-9-14-35(15-10-19)24-6-11-31-17-28(24,29)30/h2-3,16,18-19,22,24,31H,4-15,17H2,1H3,(H,32,37,38). The molecule has 212 valence electrons. The summed E-state index contributed by atoms with van der Waals surface area (Å²) in [5.41, 5.74) is 2.26. The van der Waals surface area contributed by atoms with Gasteiger partial charge in [0.2, 0.25) is 11.8 Å². The minimum Gasteiger partial charge on any atom is -0.371 e. The van der Waals surface area contributed by atoms with Crippen molar-refractivity contribution < 1.29 is 18.4 Å². The van der Waals surface area contributed by atoms with E-state index < -0.39 is 23.9 Å². The number of likely N-dealkylation sites (tertiary alicyclic amines) is 1. The third-order valence-corrected chi connectivity index (χ3v) is 9.62. The van der Waals surface area contributed by atoms with Gasteiger partial charge in [0.25, 0.3) is 5.92 Å². The van der Waals surface area contributed by atoms with Crippen LogP contribution in [0.25, 0.3) is 11.0 Å². The number of hydrogen-bond donors (Lipinski definition) is 2. The number of amides is 2. The van der Waals surface area contributed by atoms with E-state index in [1.54, 1.807) is 11.6 Å². The molecule has 2 atom stereocenters. The Balaban J connectivity index is 1.09. The zero-order chi connectivity index (χ0) is 27.3. The van der Waals surface area contributed by atoms with Crippen LogP contribution < -0.4 is 21.2 Å². The molecule has 9 nitrogen and oxygen atoms in total. The second kappa shape index (κ2) is 10.3. The zero-order valence-electron chi connectivity index (χ0n) is 22.5. The summed E-state index contributed by atoms with van der Waals surface area (Å²) in [5.74, 6) is -2.18. The van der Waals surface area contributed by atoms with E-state index >= 15 is 0 Å². The lowest BCUT2D eigenvalue weighted by Crippen LogP contribution is -2.58. The maximum atomic E-state index is 14.4. The fourth-order valence-electron chi connectivity index (χ4n) is 7.38. The van der Waals surface area contributed by atoms with E-state index in [1.807, 2.05) is 23.1 Å². The van der Waals surface area contributed by atoms with Crippen molar-refractivity contribution >= 4 is 28.5 Å². The van der Waals surface area contributed by atoms with E-state index in [0.717, 1.165) is 63.1 Å². The van der Waals surface area contributed by atoms with Crippen molar-refractivity contribution in [2.45, 2.75) is 63.0 Å². The van der Waals surface area contributed by atoms with Gasteiger partial charge in [-0.1, -0.05) is 0 Å². The molecular weight excluding hydrogens is 506 g/mol. The largest absolute Gasteiger partial charge is 0.371 e. The molecule has 1 aromatic carbocycles. The smallest absolute Gasteiger partial charge is 0.329 e. The van der Waals surface area contributed by atoms with Gasteiger partial charge in [-0.25, -0.2) is 13.6 Å². The molecule has 4 saturated heterocycles. The van der Waals surface area contributed by atoms with E-state index in [-0.39, 0.29) is 24.6 Å². The van der Waals surface area contributed by atoms with Crippen molar-refractivity contribution in [2.24, 2.45) is 18.9 Å². The van der Waals surface area contributed by atoms with E-state index in [4.69, 9.17) is 0 Å². The van der Waals surface area contributed by atoms with Gasteiger partial charge in [-0.15, -0.1) is 0 Å². The summed E-state index contributed by atoms with van der Waals surface area (Å²) in [4.78, 5) is 41.5. The van der Waals surface area contributed by atoms with Crippen molar-refractivity contribution in [2.75, 3.05) is 44.2 Å². The van der Waals surface area contributed by atoms with Crippen LogP contribution >= 0.6 is 0 Å². The molecule has 11 heteroatoms. The normalized spacial score (nSPS) is 27.7. The number of halogens is 2. The number of nitrogens with zero attached hydrogens (tertiary/aromatic N) is 4. The molecule has 0 radical (unpaired) electrons. The predicted molar refractivity (Wildman–Crippen MR) is 144 cm³/mol. The predicted octanol–water partition coefficient (Wildman–Crippen LogP) is 2.24. The molecule has 4 fully saturated rings. The molecule has 0 saturated carbocycles. The van der Waals surface area contributed by atoms with Crippen LogP contribution in [0.15, 0.2) is 23.0 Å². The summed E-state index contributed by atoms with van der Waals surface area (Å²) in [5, 5.41) is 5.18. The Kier molecular flexibility index (Phi) is 6.99. The maximum Gasteiger partial charge on any atom is 0.329 e. The Morgan fingerprint density at radius 3 is 2.26 bits per heavy atom. The number of aryl methyl sites for hydroxylation is 1. The highest BCUT2D eigenvalue weighted by atomic mass is 19.3. The third kappa shape index (κ3) is 4.88. The molecular formula is C28H38F2N6O3. The Hall–Kier alpha value is -2.79. The zero-order valence-corrected chi connectivity index (χ0v) is 22.5. The van der Waals surface area contributed by atoms with Crippen molar-refractivity contribution in [1.82, 2.24) is 24.7 Å². The number of anilines is 1. The summed E-state index contributed by atoms with van der Waals surface area (Å²) < 4.78 is 31.9. The Labute approximate surface area is 226 Å². The number of alkyl halides is 2. The van der Waals surface area contributed by atoms with Crippen LogP contribution in [0.4, 0.5) is 14.5 Å². The fraction of sp³-hybridized carbons (Fsp3) is 0.679. The van der Waals surface area contributed by atoms with Gasteiger partial charge in [0.05, 0.1) is 23.6 Å². The number of carbonyl (C=O) groups is 2. The van der Waals surface area contributed by atoms with Crippen molar-refractivity contribution in [3.63, 3.8) is 0 Å². The minimum atomic E-state index is -2.65. The number of rotatable bonds is 4. The highest BCUT2D eigenvalue weighted by Crippen LogP contribution is 2.37. The SMILES string of the molecule is Cn1c(=O)n(C2CCC(=O)NC2=O)c2ccc(N3CCC(C4CCN(C5CCNCC5(F)F)CC4)CC3)cc21. The highest BCUT2D eigenvalue weighted by molar-refractivity contribution is 6.00. The number of nitrogens with one attached hydrogen (secondary N) is 2. The molecule has 0 aliphatic carbocycles. The molecule has 0 spiro atoms. The lowest BCUT2D eigenvalue weighted by molar-refractivity contribution is -0.135. The molecule has 2 aromatic rings. The van der Waals surface area contributed by atoms with Gasteiger partial charge in [-0.05, 0) is 88.2 Å². The van der Waals surface area contributed by atoms with Gasteiger partial charge in [0.15, 0.2) is 0 Å². The van der Waals surface area contributed by atoms with E-state index in [2.05, 4.69) is 15.5 Å². The number of fused-ring (bicyclic) bond motifs is 1. The van der Waals surface area contributed by atoms with Gasteiger partial charge in [0.1, 0.15) is 6.04 Å². The van der Waals surface area contributed by atoms with Crippen LogP contribution in [-0.2, 0) is 16.6 Å². The van der Waals surface area contributed by atoms with Crippen molar-refractivity contribution in [3.8, 4) is 0 Å². The first kappa shape index (κ1) is 26.4. The highest BCUT2D eigenvalue weighted by Gasteiger charge is 2.46. The van der Waals surface area contributed by atoms with Crippen molar-refractivity contribution in [1.29, 1.82) is 0 Å². The number of imidazole rings is 1. The molecule has 2 N–H and O–H groups in total. The van der Waals surface area contributed by atoms with Gasteiger partial charge in [-0.2, -0.15) is 0 Å². The Bertz CT molecular complexity index is 1310. The summed E-state index contributed by atoms with van der Waals surface area (Å²) in [6, 6.07) is 4.64.